The molecule has 0 aromatic heterocycles. The second-order valence-electron chi connectivity index (χ2n) is 10.7. The van der Waals surface area contributed by atoms with Gasteiger partial charge in [0.15, 0.2) is 0 Å². The van der Waals surface area contributed by atoms with Crippen LogP contribution in [0.15, 0.2) is 0 Å². The molecule has 0 unspecified atom stereocenters. The minimum absolute atomic E-state index is 0.126. The molecule has 0 aliphatic carbocycles. The van der Waals surface area contributed by atoms with Gasteiger partial charge < -0.3 is 4.00 Å². The average Bonchev–Trinajstić information content (AvgIpc) is 2.69. The van der Waals surface area contributed by atoms with Crippen LogP contribution in [0.3, 0.4) is 0 Å². The molecule has 120 valence electrons. The van der Waals surface area contributed by atoms with Crippen molar-refractivity contribution < 1.29 is 0 Å². The molecule has 1 aliphatic heterocycles. The van der Waals surface area contributed by atoms with Crippen molar-refractivity contribution >= 4 is 32.6 Å². The Labute approximate surface area is 132 Å². The maximum absolute atomic E-state index is 3.16. The summed E-state index contributed by atoms with van der Waals surface area (Å²) in [5.41, 5.74) is 1.48. The third-order valence-corrected chi connectivity index (χ3v) is 23.7. The van der Waals surface area contributed by atoms with Crippen LogP contribution in [0.2, 0.25) is 58.9 Å². The summed E-state index contributed by atoms with van der Waals surface area (Å²) in [6.07, 6.45) is 0. The second kappa shape index (κ2) is 5.30. The highest BCUT2D eigenvalue weighted by atomic mass is 31.1. The molecular weight excluding hydrogens is 309 g/mol. The lowest BCUT2D eigenvalue weighted by molar-refractivity contribution is 0.425. The summed E-state index contributed by atoms with van der Waals surface area (Å²) in [6.45, 7) is 30.7. The SMILES string of the molecule is CC(C)(C)[C@@H]1[C@H]([Si](C)(C)C)[P@]1N([Si](C)(C)C)[Si](C)(C)C. The number of hydrogen-bond acceptors (Lipinski definition) is 1. The van der Waals surface area contributed by atoms with Gasteiger partial charge in [-0.05, 0) is 18.8 Å². The van der Waals surface area contributed by atoms with E-state index in [-0.39, 0.29) is 8.07 Å². The molecule has 0 bridgehead atoms. The Morgan fingerprint density at radius 1 is 0.750 bits per heavy atom. The molecule has 1 heterocycles. The van der Waals surface area contributed by atoms with Crippen LogP contribution in [0, 0.1) is 5.41 Å². The van der Waals surface area contributed by atoms with Crippen molar-refractivity contribution in [1.82, 2.24) is 4.00 Å². The molecule has 0 aromatic carbocycles. The molecule has 1 fully saturated rings. The van der Waals surface area contributed by atoms with Gasteiger partial charge in [-0.3, -0.25) is 0 Å². The van der Waals surface area contributed by atoms with E-state index in [0.717, 1.165) is 10.9 Å². The molecule has 5 heteroatoms. The van der Waals surface area contributed by atoms with E-state index < -0.39 is 24.5 Å². The average molecular weight is 348 g/mol. The molecule has 1 saturated heterocycles. The topological polar surface area (TPSA) is 3.24 Å². The zero-order chi connectivity index (χ0) is 16.3. The first-order valence-electron chi connectivity index (χ1n) is 8.07. The zero-order valence-corrected chi connectivity index (χ0v) is 19.9. The van der Waals surface area contributed by atoms with Crippen LogP contribution in [-0.2, 0) is 0 Å². The highest BCUT2D eigenvalue weighted by molar-refractivity contribution is 7.72. The molecule has 1 rings (SSSR count). The summed E-state index contributed by atoms with van der Waals surface area (Å²) in [5, 5.41) is 1.07. The summed E-state index contributed by atoms with van der Waals surface area (Å²) in [4.78, 5) is 0. The zero-order valence-electron chi connectivity index (χ0n) is 16.0. The number of hydrogen-bond donors (Lipinski definition) is 0. The van der Waals surface area contributed by atoms with Gasteiger partial charge in [-0.1, -0.05) is 79.7 Å². The van der Waals surface area contributed by atoms with Gasteiger partial charge in [-0.25, -0.2) is 0 Å². The van der Waals surface area contributed by atoms with E-state index in [1.54, 1.807) is 0 Å². The molecule has 1 aliphatic rings. The minimum Gasteiger partial charge on any atom is -0.324 e. The highest BCUT2D eigenvalue weighted by Gasteiger charge is 2.65. The Bertz CT molecular complexity index is 323. The van der Waals surface area contributed by atoms with Crippen LogP contribution in [0.1, 0.15) is 20.8 Å². The van der Waals surface area contributed by atoms with E-state index in [4.69, 9.17) is 0 Å². The van der Waals surface area contributed by atoms with Crippen LogP contribution in [-0.4, -0.2) is 39.5 Å². The lowest BCUT2D eigenvalue weighted by Gasteiger charge is -2.45. The Kier molecular flexibility index (Phi) is 5.05. The molecule has 0 amide bonds. The van der Waals surface area contributed by atoms with Gasteiger partial charge in [0, 0.05) is 5.66 Å². The standard InChI is InChI=1S/C15H38NPSi3/c1-15(2,3)13-14(18(4,5)6)17(13)16(19(7,8)9)20(10,11)12/h13-14H,1-12H3/t13-,14-,17+/m0/s1. The van der Waals surface area contributed by atoms with Crippen LogP contribution in [0.5, 0.6) is 0 Å². The Morgan fingerprint density at radius 3 is 1.25 bits per heavy atom. The fourth-order valence-corrected chi connectivity index (χ4v) is 29.0. The van der Waals surface area contributed by atoms with Crippen molar-refractivity contribution in [2.24, 2.45) is 5.41 Å². The molecule has 0 spiro atoms. The van der Waals surface area contributed by atoms with Crippen LogP contribution in [0.25, 0.3) is 0 Å². The van der Waals surface area contributed by atoms with Crippen molar-refractivity contribution in [3.63, 3.8) is 0 Å². The molecule has 0 N–H and O–H groups in total. The summed E-state index contributed by atoms with van der Waals surface area (Å²) >= 11 is 0. The van der Waals surface area contributed by atoms with E-state index in [1.165, 1.54) is 0 Å². The first kappa shape index (κ1) is 19.1. The van der Waals surface area contributed by atoms with Gasteiger partial charge in [-0.15, -0.1) is 0 Å². The Hall–Kier alpha value is 1.04. The molecule has 0 aromatic rings. The smallest absolute Gasteiger partial charge is 0.116 e. The van der Waals surface area contributed by atoms with Crippen LogP contribution < -0.4 is 0 Å². The van der Waals surface area contributed by atoms with E-state index in [0.29, 0.717) is 5.41 Å². The van der Waals surface area contributed by atoms with Gasteiger partial charge in [0.05, 0.1) is 8.07 Å². The molecule has 3 atom stereocenters. The number of rotatable bonds is 4. The van der Waals surface area contributed by atoms with Crippen LogP contribution in [0.4, 0.5) is 0 Å². The first-order chi connectivity index (χ1) is 8.49. The third-order valence-electron chi connectivity index (χ3n) is 4.06. The van der Waals surface area contributed by atoms with Crippen LogP contribution >= 0.6 is 8.07 Å². The summed E-state index contributed by atoms with van der Waals surface area (Å²) in [6, 6.07) is 0. The highest BCUT2D eigenvalue weighted by Crippen LogP contribution is 2.77. The van der Waals surface area contributed by atoms with Crippen molar-refractivity contribution in [2.75, 3.05) is 0 Å². The van der Waals surface area contributed by atoms with E-state index >= 15 is 0 Å². The minimum atomic E-state index is -1.22. The predicted molar refractivity (Wildman–Crippen MR) is 106 cm³/mol. The fraction of sp³-hybridized carbons (Fsp3) is 1.00. The lowest BCUT2D eigenvalue weighted by Crippen LogP contribution is -2.55. The lowest BCUT2D eigenvalue weighted by atomic mass is 9.93. The maximum atomic E-state index is 3.16. The van der Waals surface area contributed by atoms with Crippen molar-refractivity contribution in [3.05, 3.63) is 0 Å². The summed E-state index contributed by atoms with van der Waals surface area (Å²) < 4.78 is 3.16. The quantitative estimate of drug-likeness (QED) is 0.443. The van der Waals surface area contributed by atoms with Gasteiger partial charge in [0.1, 0.15) is 16.5 Å². The van der Waals surface area contributed by atoms with Gasteiger partial charge >= 0.3 is 0 Å². The normalized spacial score (nSPS) is 28.9. The van der Waals surface area contributed by atoms with E-state index in [2.05, 4.69) is 83.7 Å². The molecule has 0 radical (unpaired) electrons. The maximum Gasteiger partial charge on any atom is 0.116 e. The van der Waals surface area contributed by atoms with Crippen molar-refractivity contribution in [1.29, 1.82) is 0 Å². The Balaban J connectivity index is 3.21. The summed E-state index contributed by atoms with van der Waals surface area (Å²) in [5.74, 6) is 0. The van der Waals surface area contributed by atoms with Crippen molar-refractivity contribution in [3.8, 4) is 0 Å². The van der Waals surface area contributed by atoms with Gasteiger partial charge in [0.2, 0.25) is 0 Å². The Morgan fingerprint density at radius 2 is 1.10 bits per heavy atom. The summed E-state index contributed by atoms with van der Waals surface area (Å²) in [7, 11) is -3.36. The largest absolute Gasteiger partial charge is 0.324 e. The van der Waals surface area contributed by atoms with Gasteiger partial charge in [-0.2, -0.15) is 0 Å². The fourth-order valence-electron chi connectivity index (χ4n) is 3.91. The number of nitrogens with zero attached hydrogens (tertiary/aromatic N) is 1. The second-order valence-corrected chi connectivity index (χ2v) is 29.5. The first-order valence-corrected chi connectivity index (χ1v) is 20.0. The monoisotopic (exact) mass is 347 g/mol. The molecule has 20 heavy (non-hydrogen) atoms. The molecular formula is C15H38NPSi3. The van der Waals surface area contributed by atoms with Gasteiger partial charge in [0.25, 0.3) is 0 Å². The predicted octanol–water partition coefficient (Wildman–Crippen LogP) is 6.03. The molecule has 1 nitrogen and oxygen atoms in total. The van der Waals surface area contributed by atoms with Crippen molar-refractivity contribution in [2.45, 2.75) is 90.6 Å². The molecule has 0 saturated carbocycles. The van der Waals surface area contributed by atoms with E-state index in [9.17, 15) is 0 Å². The van der Waals surface area contributed by atoms with E-state index in [1.807, 2.05) is 0 Å². The third kappa shape index (κ3) is 4.07.